The summed E-state index contributed by atoms with van der Waals surface area (Å²) in [6, 6.07) is 18.3. The molecule has 0 radical (unpaired) electrons. The number of anilines is 1. The van der Waals surface area contributed by atoms with Crippen LogP contribution in [0.2, 0.25) is 0 Å². The number of aliphatic hydroxyl groups is 1. The smallest absolute Gasteiger partial charge is 0.0790 e. The van der Waals surface area contributed by atoms with E-state index < -0.39 is 0 Å². The van der Waals surface area contributed by atoms with Gasteiger partial charge in [-0.1, -0.05) is 67.8 Å². The van der Waals surface area contributed by atoms with E-state index in [2.05, 4.69) is 43.0 Å². The van der Waals surface area contributed by atoms with E-state index >= 15 is 0 Å². The maximum atomic E-state index is 9.65. The lowest BCUT2D eigenvalue weighted by Crippen LogP contribution is -2.07. The molecule has 22 heavy (non-hydrogen) atoms. The zero-order valence-electron chi connectivity index (χ0n) is 14.3. The molecule has 0 aromatic heterocycles. The predicted molar refractivity (Wildman–Crippen MR) is 96.4 cm³/mol. The molecule has 0 amide bonds. The average Bonchev–Trinajstić information content (AvgIpc) is 2.54. The summed E-state index contributed by atoms with van der Waals surface area (Å²) >= 11 is 0. The molecule has 0 heterocycles. The van der Waals surface area contributed by atoms with Crippen LogP contribution in [0.25, 0.3) is 0 Å². The fourth-order valence-corrected chi connectivity index (χ4v) is 2.08. The van der Waals surface area contributed by atoms with Crippen LogP contribution in [0, 0.1) is 6.92 Å². The third-order valence-corrected chi connectivity index (χ3v) is 3.57. The quantitative estimate of drug-likeness (QED) is 0.842. The van der Waals surface area contributed by atoms with Gasteiger partial charge in [-0.2, -0.15) is 0 Å². The molecule has 0 aliphatic heterocycles. The Kier molecular flexibility index (Phi) is 8.31. The molecule has 0 saturated heterocycles. The van der Waals surface area contributed by atoms with Gasteiger partial charge in [0.1, 0.15) is 0 Å². The molecule has 2 aromatic rings. The monoisotopic (exact) mass is 299 g/mol. The molecule has 0 aliphatic carbocycles. The molecule has 0 bridgehead atoms. The van der Waals surface area contributed by atoms with Gasteiger partial charge in [0.25, 0.3) is 0 Å². The normalized spacial score (nSPS) is 11.3. The first kappa shape index (κ1) is 18.2. The highest BCUT2D eigenvalue weighted by molar-refractivity contribution is 5.45. The number of hydrogen-bond acceptors (Lipinski definition) is 2. The zero-order chi connectivity index (χ0) is 16.4. The molecule has 2 nitrogen and oxygen atoms in total. The minimum absolute atomic E-state index is 0.272. The third kappa shape index (κ3) is 6.77. The lowest BCUT2D eigenvalue weighted by atomic mass is 10.0. The Morgan fingerprint density at radius 1 is 0.955 bits per heavy atom. The molecule has 0 saturated carbocycles. The van der Waals surface area contributed by atoms with E-state index in [1.165, 1.54) is 11.3 Å². The fraction of sp³-hybridized carbons (Fsp3) is 0.400. The van der Waals surface area contributed by atoms with Gasteiger partial charge in [-0.25, -0.2) is 0 Å². The molecule has 1 N–H and O–H groups in total. The number of rotatable bonds is 5. The Bertz CT molecular complexity index is 505. The summed E-state index contributed by atoms with van der Waals surface area (Å²) < 4.78 is 0. The van der Waals surface area contributed by atoms with E-state index in [1.54, 1.807) is 0 Å². The van der Waals surface area contributed by atoms with Crippen molar-refractivity contribution in [3.8, 4) is 0 Å². The highest BCUT2D eigenvalue weighted by Crippen LogP contribution is 2.18. The van der Waals surface area contributed by atoms with E-state index in [9.17, 15) is 5.11 Å². The highest BCUT2D eigenvalue weighted by Gasteiger charge is 2.04. The maximum absolute atomic E-state index is 9.65. The zero-order valence-corrected chi connectivity index (χ0v) is 14.3. The van der Waals surface area contributed by atoms with Crippen molar-refractivity contribution in [2.75, 3.05) is 19.0 Å². The molecule has 120 valence electrons. The van der Waals surface area contributed by atoms with Gasteiger partial charge in [0, 0.05) is 19.8 Å². The minimum Gasteiger partial charge on any atom is -0.388 e. The van der Waals surface area contributed by atoms with Crippen molar-refractivity contribution in [3.05, 3.63) is 65.7 Å². The van der Waals surface area contributed by atoms with E-state index in [0.29, 0.717) is 0 Å². The Labute approximate surface area is 135 Å². The first-order valence-corrected chi connectivity index (χ1v) is 8.01. The van der Waals surface area contributed by atoms with Gasteiger partial charge >= 0.3 is 0 Å². The van der Waals surface area contributed by atoms with E-state index in [-0.39, 0.29) is 6.10 Å². The summed E-state index contributed by atoms with van der Waals surface area (Å²) in [7, 11) is 4.09. The molecular weight excluding hydrogens is 270 g/mol. The largest absolute Gasteiger partial charge is 0.388 e. The van der Waals surface area contributed by atoms with Gasteiger partial charge in [-0.05, 0) is 31.0 Å². The maximum Gasteiger partial charge on any atom is 0.0790 e. The molecule has 0 spiro atoms. The van der Waals surface area contributed by atoms with Crippen LogP contribution in [-0.2, 0) is 0 Å². The van der Waals surface area contributed by atoms with Crippen LogP contribution in [0.1, 0.15) is 43.4 Å². The summed E-state index contributed by atoms with van der Waals surface area (Å²) in [6.07, 6.45) is 2.84. The molecule has 1 atom stereocenters. The van der Waals surface area contributed by atoms with Gasteiger partial charge < -0.3 is 10.0 Å². The van der Waals surface area contributed by atoms with Crippen LogP contribution in [0.15, 0.2) is 54.6 Å². The average molecular weight is 299 g/mol. The van der Waals surface area contributed by atoms with Crippen molar-refractivity contribution in [3.63, 3.8) is 0 Å². The summed E-state index contributed by atoms with van der Waals surface area (Å²) in [5.41, 5.74) is 3.60. The second kappa shape index (κ2) is 10.0. The second-order valence-electron chi connectivity index (χ2n) is 5.80. The van der Waals surface area contributed by atoms with Crippen LogP contribution in [0.3, 0.4) is 0 Å². The van der Waals surface area contributed by atoms with Crippen molar-refractivity contribution in [1.29, 1.82) is 0 Å². The molecule has 0 aliphatic rings. The Morgan fingerprint density at radius 2 is 1.55 bits per heavy atom. The standard InChI is InChI=1S/C11H16O.C9H13N/c1-2-3-9-11(12)10-7-5-4-6-8-10;1-8-4-6-9(7-5-8)10(2)3/h4-8,11-12H,2-3,9H2,1H3;4-7H,1-3H3. The summed E-state index contributed by atoms with van der Waals surface area (Å²) in [5, 5.41) is 9.65. The molecule has 2 heteroatoms. The van der Waals surface area contributed by atoms with Gasteiger partial charge in [-0.15, -0.1) is 0 Å². The van der Waals surface area contributed by atoms with Crippen molar-refractivity contribution in [1.82, 2.24) is 0 Å². The summed E-state index contributed by atoms with van der Waals surface area (Å²) in [4.78, 5) is 2.10. The number of aryl methyl sites for hydroxylation is 1. The van der Waals surface area contributed by atoms with E-state index in [0.717, 1.165) is 24.8 Å². The van der Waals surface area contributed by atoms with Gasteiger partial charge in [0.05, 0.1) is 6.10 Å². The highest BCUT2D eigenvalue weighted by atomic mass is 16.3. The van der Waals surface area contributed by atoms with Gasteiger partial charge in [0.15, 0.2) is 0 Å². The first-order valence-electron chi connectivity index (χ1n) is 8.01. The first-order chi connectivity index (χ1) is 10.5. The van der Waals surface area contributed by atoms with Crippen molar-refractivity contribution >= 4 is 5.69 Å². The minimum atomic E-state index is -0.272. The van der Waals surface area contributed by atoms with Crippen LogP contribution in [0.5, 0.6) is 0 Å². The molecule has 2 rings (SSSR count). The number of hydrogen-bond donors (Lipinski definition) is 1. The van der Waals surface area contributed by atoms with Crippen molar-refractivity contribution < 1.29 is 5.11 Å². The van der Waals surface area contributed by atoms with E-state index in [1.807, 2.05) is 44.4 Å². The SMILES string of the molecule is CCCCC(O)c1ccccc1.Cc1ccc(N(C)C)cc1. The lowest BCUT2D eigenvalue weighted by molar-refractivity contribution is 0.164. The third-order valence-electron chi connectivity index (χ3n) is 3.57. The number of unbranched alkanes of at least 4 members (excludes halogenated alkanes) is 1. The summed E-state index contributed by atoms with van der Waals surface area (Å²) in [6.45, 7) is 4.23. The van der Waals surface area contributed by atoms with Crippen LogP contribution < -0.4 is 4.90 Å². The number of benzene rings is 2. The molecule has 0 fully saturated rings. The number of nitrogens with zero attached hydrogens (tertiary/aromatic N) is 1. The molecule has 2 aromatic carbocycles. The topological polar surface area (TPSA) is 23.5 Å². The Morgan fingerprint density at radius 3 is 2.05 bits per heavy atom. The summed E-state index contributed by atoms with van der Waals surface area (Å²) in [5.74, 6) is 0. The Hall–Kier alpha value is -1.80. The Balaban J connectivity index is 0.000000224. The predicted octanol–water partition coefficient (Wildman–Crippen LogP) is 4.97. The van der Waals surface area contributed by atoms with Crippen LogP contribution in [-0.4, -0.2) is 19.2 Å². The lowest BCUT2D eigenvalue weighted by Gasteiger charge is -2.11. The van der Waals surface area contributed by atoms with Crippen molar-refractivity contribution in [2.45, 2.75) is 39.2 Å². The van der Waals surface area contributed by atoms with E-state index in [4.69, 9.17) is 0 Å². The van der Waals surface area contributed by atoms with Gasteiger partial charge in [0.2, 0.25) is 0 Å². The number of aliphatic hydroxyl groups excluding tert-OH is 1. The van der Waals surface area contributed by atoms with Crippen LogP contribution >= 0.6 is 0 Å². The van der Waals surface area contributed by atoms with Crippen molar-refractivity contribution in [2.24, 2.45) is 0 Å². The molecular formula is C20H29NO. The fourth-order valence-electron chi connectivity index (χ4n) is 2.08. The molecule has 1 unspecified atom stereocenters. The van der Waals surface area contributed by atoms with Crippen LogP contribution in [0.4, 0.5) is 5.69 Å². The van der Waals surface area contributed by atoms with Gasteiger partial charge in [-0.3, -0.25) is 0 Å². The second-order valence-corrected chi connectivity index (χ2v) is 5.80.